The Morgan fingerprint density at radius 3 is 2.02 bits per heavy atom. The first kappa shape index (κ1) is 31.7. The van der Waals surface area contributed by atoms with Gasteiger partial charge in [-0.15, -0.1) is 0 Å². The van der Waals surface area contributed by atoms with Crippen molar-refractivity contribution in [1.82, 2.24) is 20.9 Å². The molecule has 3 aliphatic rings. The third kappa shape index (κ3) is 5.57. The smallest absolute Gasteiger partial charge is 0.300 e. The second kappa shape index (κ2) is 11.8. The summed E-state index contributed by atoms with van der Waals surface area (Å²) in [4.78, 5) is 19.5. The minimum Gasteiger partial charge on any atom is -0.405 e. The van der Waals surface area contributed by atoms with Crippen molar-refractivity contribution in [3.05, 3.63) is 121 Å². The van der Waals surface area contributed by atoms with Gasteiger partial charge in [0.2, 0.25) is 5.96 Å². The van der Waals surface area contributed by atoms with Crippen molar-refractivity contribution >= 4 is 65.4 Å². The van der Waals surface area contributed by atoms with Gasteiger partial charge in [0.15, 0.2) is 5.66 Å². The molecule has 0 saturated carbocycles. The number of guanidine groups is 1. The third-order valence-corrected chi connectivity index (χ3v) is 14.3. The lowest BCUT2D eigenvalue weighted by Gasteiger charge is -2.51. The van der Waals surface area contributed by atoms with Gasteiger partial charge in [-0.05, 0) is 27.1 Å². The van der Waals surface area contributed by atoms with Gasteiger partial charge >= 0.3 is 5.91 Å². The topological polar surface area (TPSA) is 78.0 Å². The highest BCUT2D eigenvalue weighted by atomic mass is 35.6. The Hall–Kier alpha value is -3.27. The van der Waals surface area contributed by atoms with Crippen LogP contribution in [-0.4, -0.2) is 53.2 Å². The van der Waals surface area contributed by atoms with Crippen molar-refractivity contribution in [1.29, 1.82) is 0 Å². The molecule has 0 bridgehead atoms. The van der Waals surface area contributed by atoms with Gasteiger partial charge in [0.1, 0.15) is 0 Å². The average Bonchev–Trinajstić information content (AvgIpc) is 3.56. The molecule has 1 unspecified atom stereocenters. The molecule has 3 aliphatic heterocycles. The fourth-order valence-corrected chi connectivity index (χ4v) is 11.7. The number of nitrogens with zero attached hydrogens (tertiary/aromatic N) is 2. The fourth-order valence-electron chi connectivity index (χ4n) is 6.95. The molecule has 3 aromatic carbocycles. The summed E-state index contributed by atoms with van der Waals surface area (Å²) >= 11 is 18.1. The van der Waals surface area contributed by atoms with E-state index in [1.807, 2.05) is 47.4 Å². The Labute approximate surface area is 280 Å². The van der Waals surface area contributed by atoms with Gasteiger partial charge in [-0.1, -0.05) is 159 Å². The Morgan fingerprint density at radius 1 is 0.933 bits per heavy atom. The number of aliphatic imine (C=N–C) groups is 1. The summed E-state index contributed by atoms with van der Waals surface area (Å²) in [5.41, 5.74) is 0.191. The molecule has 2 fully saturated rings. The van der Waals surface area contributed by atoms with Crippen molar-refractivity contribution in [2.24, 2.45) is 4.99 Å². The summed E-state index contributed by atoms with van der Waals surface area (Å²) in [6.45, 7) is 11.2. The van der Waals surface area contributed by atoms with Gasteiger partial charge in [0, 0.05) is 0 Å². The molecule has 7 nitrogen and oxygen atoms in total. The van der Waals surface area contributed by atoms with E-state index in [0.29, 0.717) is 12.4 Å². The number of amides is 1. The molecule has 3 N–H and O–H groups in total. The summed E-state index contributed by atoms with van der Waals surface area (Å²) < 4.78 is 5.12. The first-order chi connectivity index (χ1) is 21.4. The maximum Gasteiger partial charge on any atom is 0.300 e. The fraction of sp³-hybridized carbons (Fsp3) is 0.294. The second-order valence-corrected chi connectivity index (χ2v) is 19.2. The summed E-state index contributed by atoms with van der Waals surface area (Å²) in [5, 5.41) is 12.8. The molecule has 11 heteroatoms. The first-order valence-corrected chi connectivity index (χ1v) is 17.9. The van der Waals surface area contributed by atoms with E-state index >= 15 is 0 Å². The highest BCUT2D eigenvalue weighted by Gasteiger charge is 2.60. The molecule has 2 saturated heterocycles. The van der Waals surface area contributed by atoms with Crippen LogP contribution < -0.4 is 26.3 Å². The van der Waals surface area contributed by atoms with Crippen LogP contribution in [0, 0.1) is 0 Å². The Morgan fingerprint density at radius 2 is 1.49 bits per heavy atom. The molecule has 1 spiro atoms. The van der Waals surface area contributed by atoms with Gasteiger partial charge < -0.3 is 25.3 Å². The molecule has 4 atom stereocenters. The Kier molecular flexibility index (Phi) is 8.33. The monoisotopic (exact) mass is 679 g/mol. The molecule has 0 aliphatic carbocycles. The second-order valence-electron chi connectivity index (χ2n) is 12.6. The normalized spacial score (nSPS) is 25.3. The number of alkyl halides is 3. The van der Waals surface area contributed by atoms with Crippen LogP contribution in [0.3, 0.4) is 0 Å². The summed E-state index contributed by atoms with van der Waals surface area (Å²) in [5.74, 6) is 0.0368. The molecule has 6 rings (SSSR count). The van der Waals surface area contributed by atoms with Crippen LogP contribution in [0.1, 0.15) is 32.4 Å². The van der Waals surface area contributed by atoms with Crippen LogP contribution in [0.15, 0.2) is 121 Å². The van der Waals surface area contributed by atoms with E-state index in [-0.39, 0.29) is 29.1 Å². The van der Waals surface area contributed by atoms with Crippen LogP contribution in [0.4, 0.5) is 0 Å². The zero-order valence-corrected chi connectivity index (χ0v) is 28.6. The van der Waals surface area contributed by atoms with E-state index in [1.54, 1.807) is 0 Å². The van der Waals surface area contributed by atoms with E-state index < -0.39 is 23.7 Å². The molecule has 45 heavy (non-hydrogen) atoms. The molecule has 3 heterocycles. The van der Waals surface area contributed by atoms with Crippen LogP contribution in [-0.2, 0) is 9.22 Å². The number of rotatable bonds is 6. The maximum absolute atomic E-state index is 13.1. The minimum atomic E-state index is -2.89. The largest absolute Gasteiger partial charge is 0.405 e. The number of hydrogen-bond acceptors (Lipinski definition) is 4. The van der Waals surface area contributed by atoms with E-state index in [1.165, 1.54) is 10.4 Å². The number of halogens is 3. The predicted octanol–water partition coefficient (Wildman–Crippen LogP) is 5.13. The molecule has 234 valence electrons. The summed E-state index contributed by atoms with van der Waals surface area (Å²) in [6, 6.07) is 30.1. The molecular formula is C34H36Cl3N5O2Si. The van der Waals surface area contributed by atoms with Crippen LogP contribution in [0.5, 0.6) is 0 Å². The van der Waals surface area contributed by atoms with Gasteiger partial charge in [-0.25, -0.2) is 0 Å². The van der Waals surface area contributed by atoms with Gasteiger partial charge in [0.25, 0.3) is 12.1 Å². The van der Waals surface area contributed by atoms with E-state index in [2.05, 4.69) is 109 Å². The SMILES string of the molecule is C=C1N[C@H]2[C@H](CO[Si](c3ccccc3)(c3ccccc3)C(C)(C)C)N/C(=N/C(=O)C(Cl)(Cl)Cl)N3[C@@H](c4ccccc4)C=CC23N1. The number of nitrogens with one attached hydrogen (secondary N) is 3. The lowest BCUT2D eigenvalue weighted by molar-refractivity contribution is -0.117. The van der Waals surface area contributed by atoms with Crippen LogP contribution in [0.2, 0.25) is 5.04 Å². The molecule has 0 radical (unpaired) electrons. The quantitative estimate of drug-likeness (QED) is 0.191. The zero-order valence-electron chi connectivity index (χ0n) is 25.3. The van der Waals surface area contributed by atoms with E-state index in [0.717, 1.165) is 5.56 Å². The number of benzene rings is 3. The number of hydrogen-bond donors (Lipinski definition) is 3. The van der Waals surface area contributed by atoms with E-state index in [9.17, 15) is 4.79 Å². The highest BCUT2D eigenvalue weighted by molar-refractivity contribution is 6.99. The van der Waals surface area contributed by atoms with Crippen molar-refractivity contribution in [3.8, 4) is 0 Å². The van der Waals surface area contributed by atoms with Crippen molar-refractivity contribution in [3.63, 3.8) is 0 Å². The molecule has 3 aromatic rings. The van der Waals surface area contributed by atoms with Gasteiger partial charge in [-0.2, -0.15) is 4.99 Å². The molecule has 1 amide bonds. The predicted molar refractivity (Wildman–Crippen MR) is 185 cm³/mol. The van der Waals surface area contributed by atoms with Crippen molar-refractivity contribution in [2.75, 3.05) is 6.61 Å². The number of carbonyl (C=O) groups is 1. The Balaban J connectivity index is 1.45. The number of carbonyl (C=O) groups excluding carboxylic acids is 1. The molecule has 0 aromatic heterocycles. The highest BCUT2D eigenvalue weighted by Crippen LogP contribution is 2.44. The average molecular weight is 681 g/mol. The lowest BCUT2D eigenvalue weighted by atomic mass is 9.92. The standard InChI is InChI=1S/C34H36Cl3N5O2Si/c1-23-38-29-27(22-44-45(32(2,3)4,25-16-10-6-11-17-25)26-18-12-7-13-19-26)39-31(40-30(43)34(35,36)37)42-28(20-21-33(29,42)41-23)24-14-8-5-9-15-24/h5-21,27-29,38,41H,1,22H2,2-4H3,(H,39,40,43)/t27-,28+,29-,33?/m0/s1. The third-order valence-electron chi connectivity index (χ3n) is 8.80. The van der Waals surface area contributed by atoms with Crippen LogP contribution in [0.25, 0.3) is 0 Å². The summed E-state index contributed by atoms with van der Waals surface area (Å²) in [7, 11) is -2.89. The molecular weight excluding hydrogens is 645 g/mol. The summed E-state index contributed by atoms with van der Waals surface area (Å²) in [6.07, 6.45) is 4.20. The van der Waals surface area contributed by atoms with Gasteiger partial charge in [-0.3, -0.25) is 4.79 Å². The van der Waals surface area contributed by atoms with E-state index in [4.69, 9.17) is 39.2 Å². The first-order valence-electron chi connectivity index (χ1n) is 14.9. The zero-order chi connectivity index (χ0) is 32.0. The van der Waals surface area contributed by atoms with Crippen molar-refractivity contribution in [2.45, 2.75) is 53.4 Å². The van der Waals surface area contributed by atoms with Crippen LogP contribution >= 0.6 is 34.8 Å². The Bertz CT molecular complexity index is 1590. The minimum absolute atomic E-state index is 0.229. The maximum atomic E-state index is 13.1. The van der Waals surface area contributed by atoms with Crippen molar-refractivity contribution < 1.29 is 9.22 Å². The lowest BCUT2D eigenvalue weighted by Crippen LogP contribution is -2.76. The van der Waals surface area contributed by atoms with Gasteiger partial charge in [0.05, 0.1) is 30.6 Å².